The first-order chi connectivity index (χ1) is 19.1. The van der Waals surface area contributed by atoms with Crippen molar-refractivity contribution in [1.29, 1.82) is 0 Å². The number of hydrogen-bond donors (Lipinski definition) is 3. The second kappa shape index (κ2) is 12.9. The Morgan fingerprint density at radius 1 is 1.00 bits per heavy atom. The highest BCUT2D eigenvalue weighted by molar-refractivity contribution is 9.10. The molecule has 1 aromatic heterocycles. The highest BCUT2D eigenvalue weighted by atomic mass is 79.9. The summed E-state index contributed by atoms with van der Waals surface area (Å²) in [7, 11) is 4.02. The number of aliphatic imine (C=N–C) groups is 1. The number of H-pyrrole nitrogens is 1. The number of carboxylic acid groups (broad SMARTS) is 1. The molecule has 208 valence electrons. The molecule has 40 heavy (non-hydrogen) atoms. The lowest BCUT2D eigenvalue weighted by Gasteiger charge is -2.22. The fourth-order valence-corrected chi connectivity index (χ4v) is 5.00. The Morgan fingerprint density at radius 3 is 2.42 bits per heavy atom. The monoisotopic (exact) mass is 604 g/mol. The predicted molar refractivity (Wildman–Crippen MR) is 163 cm³/mol. The molecule has 1 amide bonds. The molecule has 4 aromatic rings. The van der Waals surface area contributed by atoms with Crippen LogP contribution in [0.25, 0.3) is 10.9 Å². The number of benzene rings is 3. The van der Waals surface area contributed by atoms with Crippen LogP contribution in [-0.4, -0.2) is 64.9 Å². The average molecular weight is 606 g/mol. The van der Waals surface area contributed by atoms with Gasteiger partial charge in [0.05, 0.1) is 22.5 Å². The average Bonchev–Trinajstić information content (AvgIpc) is 3.23. The van der Waals surface area contributed by atoms with E-state index in [4.69, 9.17) is 10.1 Å². The number of anilines is 1. The van der Waals surface area contributed by atoms with E-state index in [0.717, 1.165) is 45.2 Å². The maximum atomic E-state index is 12.3. The van der Waals surface area contributed by atoms with Gasteiger partial charge in [0.2, 0.25) is 5.91 Å². The first kappa shape index (κ1) is 29.0. The van der Waals surface area contributed by atoms with Crippen LogP contribution in [0.5, 0.6) is 5.88 Å². The van der Waals surface area contributed by atoms with Crippen LogP contribution in [0, 0.1) is 0 Å². The minimum Gasteiger partial charge on any atom is -0.494 e. The van der Waals surface area contributed by atoms with E-state index in [1.165, 1.54) is 0 Å². The number of hydrogen-bond acceptors (Lipinski definition) is 5. The molecule has 0 aliphatic rings. The standard InChI is InChI=1S/C31H33BrN4O4/c1-20(37)36(17-5-16-35(2)3)25-12-10-24(11-13-25)33-30(22-7-4-6-21(18-22)8-15-28(38)39)29-26-14-9-23(32)19-27(26)34-31(29)40/h4,6-7,9-14,18-19,34,40H,5,8,15-17H2,1-3H3,(H,38,39). The van der Waals surface area contributed by atoms with Crippen molar-refractivity contribution in [3.8, 4) is 5.88 Å². The zero-order valence-corrected chi connectivity index (χ0v) is 24.4. The van der Waals surface area contributed by atoms with E-state index in [2.05, 4.69) is 25.8 Å². The molecule has 0 bridgehead atoms. The zero-order chi connectivity index (χ0) is 28.8. The number of carboxylic acids is 1. The van der Waals surface area contributed by atoms with Crippen molar-refractivity contribution in [3.63, 3.8) is 0 Å². The van der Waals surface area contributed by atoms with Gasteiger partial charge in [0.15, 0.2) is 5.88 Å². The van der Waals surface area contributed by atoms with E-state index in [1.807, 2.05) is 80.8 Å². The van der Waals surface area contributed by atoms with Gasteiger partial charge in [-0.3, -0.25) is 9.59 Å². The molecule has 3 N–H and O–H groups in total. The number of aromatic hydroxyl groups is 1. The molecule has 0 saturated heterocycles. The maximum absolute atomic E-state index is 12.3. The summed E-state index contributed by atoms with van der Waals surface area (Å²) in [4.78, 5) is 35.4. The SMILES string of the molecule is CC(=O)N(CCCN(C)C)c1ccc(N=C(c2cccc(CCC(=O)O)c2)c2c(O)[nH]c3cc(Br)ccc23)cc1. The number of halogens is 1. The van der Waals surface area contributed by atoms with E-state index in [9.17, 15) is 14.7 Å². The number of carbonyl (C=O) groups is 2. The second-order valence-electron chi connectivity index (χ2n) is 9.94. The van der Waals surface area contributed by atoms with Gasteiger partial charge in [-0.2, -0.15) is 0 Å². The molecule has 8 nitrogen and oxygen atoms in total. The molecule has 0 unspecified atom stereocenters. The molecular formula is C31H33BrN4O4. The number of rotatable bonds is 11. The number of aryl methyl sites for hydroxylation is 1. The Morgan fingerprint density at radius 2 is 1.75 bits per heavy atom. The largest absolute Gasteiger partial charge is 0.494 e. The fraction of sp³-hybridized carbons (Fsp3) is 0.258. The molecule has 0 aliphatic heterocycles. The van der Waals surface area contributed by atoms with Gasteiger partial charge in [0.25, 0.3) is 0 Å². The molecule has 0 atom stereocenters. The molecule has 1 heterocycles. The third-order valence-electron chi connectivity index (χ3n) is 6.58. The maximum Gasteiger partial charge on any atom is 0.303 e. The van der Waals surface area contributed by atoms with Crippen LogP contribution in [0.15, 0.2) is 76.2 Å². The first-order valence-corrected chi connectivity index (χ1v) is 13.8. The summed E-state index contributed by atoms with van der Waals surface area (Å²) in [5.41, 5.74) is 4.91. The molecule has 0 fully saturated rings. The van der Waals surface area contributed by atoms with Gasteiger partial charge >= 0.3 is 5.97 Å². The van der Waals surface area contributed by atoms with E-state index < -0.39 is 5.97 Å². The summed E-state index contributed by atoms with van der Waals surface area (Å²) in [6, 6.07) is 20.7. The van der Waals surface area contributed by atoms with E-state index in [0.29, 0.717) is 29.9 Å². The summed E-state index contributed by atoms with van der Waals surface area (Å²) < 4.78 is 0.873. The van der Waals surface area contributed by atoms with Crippen molar-refractivity contribution in [2.24, 2.45) is 4.99 Å². The van der Waals surface area contributed by atoms with Gasteiger partial charge in [-0.1, -0.05) is 40.2 Å². The quantitative estimate of drug-likeness (QED) is 0.178. The number of aromatic amines is 1. The van der Waals surface area contributed by atoms with Gasteiger partial charge in [0, 0.05) is 41.0 Å². The summed E-state index contributed by atoms with van der Waals surface area (Å²) in [5.74, 6) is -0.896. The fourth-order valence-electron chi connectivity index (χ4n) is 4.64. The first-order valence-electron chi connectivity index (χ1n) is 13.1. The summed E-state index contributed by atoms with van der Waals surface area (Å²) in [6.45, 7) is 3.06. The smallest absolute Gasteiger partial charge is 0.303 e. The molecule has 0 radical (unpaired) electrons. The molecule has 3 aromatic carbocycles. The van der Waals surface area contributed by atoms with Gasteiger partial charge in [-0.05, 0) is 81.5 Å². The Bertz CT molecular complexity index is 1540. The summed E-state index contributed by atoms with van der Waals surface area (Å²) in [5, 5.41) is 21.0. The van der Waals surface area contributed by atoms with Crippen LogP contribution in [-0.2, 0) is 16.0 Å². The molecule has 0 saturated carbocycles. The van der Waals surface area contributed by atoms with Crippen molar-refractivity contribution < 1.29 is 19.8 Å². The third kappa shape index (κ3) is 7.16. The van der Waals surface area contributed by atoms with E-state index in [1.54, 1.807) is 11.8 Å². The Kier molecular flexibility index (Phi) is 9.39. The Labute approximate surface area is 242 Å². The summed E-state index contributed by atoms with van der Waals surface area (Å²) in [6.07, 6.45) is 1.25. The van der Waals surface area contributed by atoms with Crippen molar-refractivity contribution in [2.75, 3.05) is 32.1 Å². The number of nitrogens with zero attached hydrogens (tertiary/aromatic N) is 3. The van der Waals surface area contributed by atoms with Crippen LogP contribution >= 0.6 is 15.9 Å². The molecule has 4 rings (SSSR count). The van der Waals surface area contributed by atoms with Crippen molar-refractivity contribution in [2.45, 2.75) is 26.2 Å². The highest BCUT2D eigenvalue weighted by Gasteiger charge is 2.20. The van der Waals surface area contributed by atoms with E-state index >= 15 is 0 Å². The second-order valence-corrected chi connectivity index (χ2v) is 10.9. The van der Waals surface area contributed by atoms with Gasteiger partial charge in [0.1, 0.15) is 0 Å². The zero-order valence-electron chi connectivity index (χ0n) is 22.8. The Hall–Kier alpha value is -3.95. The van der Waals surface area contributed by atoms with Crippen LogP contribution in [0.1, 0.15) is 36.5 Å². The number of fused-ring (bicyclic) bond motifs is 1. The van der Waals surface area contributed by atoms with Crippen molar-refractivity contribution >= 4 is 55.8 Å². The lowest BCUT2D eigenvalue weighted by Crippen LogP contribution is -2.31. The van der Waals surface area contributed by atoms with Crippen LogP contribution in [0.3, 0.4) is 0 Å². The van der Waals surface area contributed by atoms with Crippen LogP contribution < -0.4 is 4.90 Å². The lowest BCUT2D eigenvalue weighted by molar-refractivity contribution is -0.137. The lowest BCUT2D eigenvalue weighted by atomic mass is 9.98. The van der Waals surface area contributed by atoms with Gasteiger partial charge in [-0.15, -0.1) is 0 Å². The van der Waals surface area contributed by atoms with Crippen LogP contribution in [0.2, 0.25) is 0 Å². The normalized spacial score (nSPS) is 11.8. The number of amides is 1. The Balaban J connectivity index is 1.76. The van der Waals surface area contributed by atoms with Crippen molar-refractivity contribution in [3.05, 3.63) is 87.9 Å². The topological polar surface area (TPSA) is 109 Å². The number of carbonyl (C=O) groups excluding carboxylic acids is 1. The van der Waals surface area contributed by atoms with Gasteiger partial charge in [-0.25, -0.2) is 4.99 Å². The molecule has 9 heteroatoms. The summed E-state index contributed by atoms with van der Waals surface area (Å²) >= 11 is 3.48. The van der Waals surface area contributed by atoms with E-state index in [-0.39, 0.29) is 18.2 Å². The predicted octanol–water partition coefficient (Wildman–Crippen LogP) is 6.13. The number of nitrogens with one attached hydrogen (secondary N) is 1. The highest BCUT2D eigenvalue weighted by Crippen LogP contribution is 2.33. The van der Waals surface area contributed by atoms with Crippen LogP contribution in [0.4, 0.5) is 11.4 Å². The third-order valence-corrected chi connectivity index (χ3v) is 7.07. The molecule has 0 spiro atoms. The minimum atomic E-state index is -0.861. The number of aliphatic carboxylic acids is 1. The minimum absolute atomic E-state index is 0.0111. The molecular weight excluding hydrogens is 572 g/mol. The molecule has 0 aliphatic carbocycles. The van der Waals surface area contributed by atoms with Crippen molar-refractivity contribution in [1.82, 2.24) is 9.88 Å². The van der Waals surface area contributed by atoms with Gasteiger partial charge < -0.3 is 25.0 Å². The number of aromatic nitrogens is 1.